The topological polar surface area (TPSA) is 124 Å². The van der Waals surface area contributed by atoms with Crippen LogP contribution in [0.1, 0.15) is 13.3 Å². The average molecular weight is 465 g/mol. The van der Waals surface area contributed by atoms with Crippen LogP contribution in [0.25, 0.3) is 0 Å². The first-order valence-electron chi connectivity index (χ1n) is 10.8. The van der Waals surface area contributed by atoms with Gasteiger partial charge in [-0.1, -0.05) is 6.07 Å². The van der Waals surface area contributed by atoms with Gasteiger partial charge in [0, 0.05) is 50.2 Å². The molecule has 2 atom stereocenters. The third-order valence-corrected chi connectivity index (χ3v) is 6.23. The number of hydrogen-bond acceptors (Lipinski definition) is 8. The Morgan fingerprint density at radius 3 is 2.84 bits per heavy atom. The van der Waals surface area contributed by atoms with Gasteiger partial charge >= 0.3 is 5.97 Å². The summed E-state index contributed by atoms with van der Waals surface area (Å²) in [5.74, 6) is -0.781. The Labute approximate surface area is 193 Å². The molecule has 176 valence electrons. The fourth-order valence-corrected chi connectivity index (χ4v) is 4.22. The predicted octanol–water partition coefficient (Wildman–Crippen LogP) is 1.66. The summed E-state index contributed by atoms with van der Waals surface area (Å²) < 4.78 is 11.2. The minimum atomic E-state index is -1.02. The minimum Gasteiger partial charge on any atom is -0.492 e. The number of carbonyl (C=O) groups is 2. The van der Waals surface area contributed by atoms with Crippen LogP contribution in [-0.4, -0.2) is 85.4 Å². The maximum absolute atomic E-state index is 12.4. The van der Waals surface area contributed by atoms with Gasteiger partial charge in [-0.15, -0.1) is 11.8 Å². The molecule has 0 radical (unpaired) electrons. The van der Waals surface area contributed by atoms with E-state index in [1.807, 2.05) is 37.3 Å². The van der Waals surface area contributed by atoms with Gasteiger partial charge in [0.25, 0.3) is 0 Å². The van der Waals surface area contributed by atoms with Crippen LogP contribution in [0.4, 0.5) is 5.69 Å². The van der Waals surface area contributed by atoms with E-state index >= 15 is 0 Å². The molecule has 0 aliphatic carbocycles. The molecule has 0 aromatic heterocycles. The summed E-state index contributed by atoms with van der Waals surface area (Å²) in [6.07, 6.45) is -0.233. The zero-order valence-corrected chi connectivity index (χ0v) is 19.2. The third kappa shape index (κ3) is 9.77. The lowest BCUT2D eigenvalue weighted by Crippen LogP contribution is -2.38. The molecule has 1 heterocycles. The maximum Gasteiger partial charge on any atom is 0.304 e. The van der Waals surface area contributed by atoms with Gasteiger partial charge in [-0.05, 0) is 19.1 Å². The van der Waals surface area contributed by atoms with E-state index in [4.69, 9.17) is 19.8 Å². The molecule has 10 heteroatoms. The molecule has 1 fully saturated rings. The number of ether oxygens (including phenoxy) is 2. The average Bonchev–Trinajstić information content (AvgIpc) is 2.79. The van der Waals surface area contributed by atoms with Crippen LogP contribution in [0.15, 0.2) is 24.3 Å². The van der Waals surface area contributed by atoms with Gasteiger partial charge < -0.3 is 25.2 Å². The van der Waals surface area contributed by atoms with Crippen LogP contribution in [-0.2, 0) is 14.3 Å². The number of carboxylic acid groups (broad SMARTS) is 1. The Morgan fingerprint density at radius 2 is 2.16 bits per heavy atom. The van der Waals surface area contributed by atoms with Crippen molar-refractivity contribution in [2.24, 2.45) is 5.92 Å². The predicted molar refractivity (Wildman–Crippen MR) is 124 cm³/mol. The van der Waals surface area contributed by atoms with Crippen LogP contribution >= 0.6 is 11.8 Å². The Hall–Kier alpha value is -2.48. The number of benzene rings is 1. The molecule has 3 N–H and O–H groups in total. The number of hydrogen-bond donors (Lipinski definition) is 3. The zero-order valence-electron chi connectivity index (χ0n) is 18.4. The number of morpholine rings is 1. The first-order chi connectivity index (χ1) is 15.5. The highest BCUT2D eigenvalue weighted by atomic mass is 32.2. The van der Waals surface area contributed by atoms with Crippen LogP contribution in [0.5, 0.6) is 5.75 Å². The fourth-order valence-electron chi connectivity index (χ4n) is 3.12. The molecule has 0 saturated carbocycles. The molecule has 9 nitrogen and oxygen atoms in total. The van der Waals surface area contributed by atoms with Crippen molar-refractivity contribution in [2.75, 3.05) is 63.6 Å². The van der Waals surface area contributed by atoms with E-state index in [-0.39, 0.29) is 18.1 Å². The van der Waals surface area contributed by atoms with E-state index in [0.717, 1.165) is 44.3 Å². The van der Waals surface area contributed by atoms with Crippen molar-refractivity contribution in [3.63, 3.8) is 0 Å². The van der Waals surface area contributed by atoms with Gasteiger partial charge in [0.1, 0.15) is 17.6 Å². The molecule has 1 aliphatic heterocycles. The molecule has 1 aromatic carbocycles. The lowest BCUT2D eigenvalue weighted by molar-refractivity contribution is -0.137. The maximum atomic E-state index is 12.4. The molecule has 1 aromatic rings. The molecule has 1 amide bonds. The Balaban J connectivity index is 1.86. The number of nitrogens with zero attached hydrogens (tertiary/aromatic N) is 2. The number of carbonyl (C=O) groups excluding carboxylic acids is 1. The minimum absolute atomic E-state index is 0.144. The first kappa shape index (κ1) is 25.8. The van der Waals surface area contributed by atoms with Gasteiger partial charge in [0.2, 0.25) is 5.91 Å². The number of amides is 1. The van der Waals surface area contributed by atoms with Crippen molar-refractivity contribution in [1.82, 2.24) is 10.2 Å². The van der Waals surface area contributed by atoms with Crippen molar-refractivity contribution >= 4 is 29.3 Å². The second-order valence-corrected chi connectivity index (χ2v) is 8.59. The molecule has 0 bridgehead atoms. The van der Waals surface area contributed by atoms with Crippen molar-refractivity contribution in [2.45, 2.75) is 18.6 Å². The van der Waals surface area contributed by atoms with Crippen molar-refractivity contribution < 1.29 is 24.2 Å². The van der Waals surface area contributed by atoms with Crippen LogP contribution in [0.2, 0.25) is 0 Å². The van der Waals surface area contributed by atoms with Gasteiger partial charge in [-0.2, -0.15) is 5.26 Å². The number of nitriles is 1. The van der Waals surface area contributed by atoms with E-state index in [1.165, 1.54) is 11.8 Å². The molecule has 2 unspecified atom stereocenters. The monoisotopic (exact) mass is 464 g/mol. The number of carboxylic acids is 1. The summed E-state index contributed by atoms with van der Waals surface area (Å²) in [4.78, 5) is 25.6. The standard InChI is InChI=1S/C22H32N4O5S/c1-2-24-22(29)20(32-16-17(14-23)12-21(27)28)15-25-18-4-3-5-19(13-18)31-11-8-26-6-9-30-10-7-26/h3-5,13,17,20,25H,2,6-12,15-16H2,1H3,(H,24,29)(H,27,28). The summed E-state index contributed by atoms with van der Waals surface area (Å²) in [5, 5.41) is 23.7. The number of rotatable bonds is 14. The summed E-state index contributed by atoms with van der Waals surface area (Å²) in [5.41, 5.74) is 0.825. The van der Waals surface area contributed by atoms with Crippen molar-refractivity contribution in [3.05, 3.63) is 24.3 Å². The number of anilines is 1. The number of nitrogens with one attached hydrogen (secondary N) is 2. The van der Waals surface area contributed by atoms with Gasteiger partial charge in [0.05, 0.1) is 31.6 Å². The smallest absolute Gasteiger partial charge is 0.304 e. The lowest BCUT2D eigenvalue weighted by atomic mass is 10.1. The SMILES string of the molecule is CCNC(=O)C(CNc1cccc(OCCN2CCOCC2)c1)SCC(C#N)CC(=O)O. The molecule has 1 saturated heterocycles. The summed E-state index contributed by atoms with van der Waals surface area (Å²) in [6.45, 7) is 7.47. The molecule has 0 spiro atoms. The van der Waals surface area contributed by atoms with Crippen LogP contribution in [0, 0.1) is 17.2 Å². The summed E-state index contributed by atoms with van der Waals surface area (Å²) in [6, 6.07) is 9.57. The highest BCUT2D eigenvalue weighted by Gasteiger charge is 2.22. The normalized spacial score (nSPS) is 15.9. The Kier molecular flexibility index (Phi) is 11.7. The Morgan fingerprint density at radius 1 is 1.38 bits per heavy atom. The highest BCUT2D eigenvalue weighted by Crippen LogP contribution is 2.21. The quantitative estimate of drug-likeness (QED) is 0.377. The second kappa shape index (κ2) is 14.6. The number of aliphatic carboxylic acids is 1. The first-order valence-corrected chi connectivity index (χ1v) is 11.8. The Bertz CT molecular complexity index is 767. The van der Waals surface area contributed by atoms with E-state index < -0.39 is 17.1 Å². The summed E-state index contributed by atoms with van der Waals surface area (Å²) in [7, 11) is 0. The van der Waals surface area contributed by atoms with E-state index in [1.54, 1.807) is 0 Å². The van der Waals surface area contributed by atoms with Gasteiger partial charge in [-0.3, -0.25) is 14.5 Å². The highest BCUT2D eigenvalue weighted by molar-refractivity contribution is 8.00. The van der Waals surface area contributed by atoms with Gasteiger partial charge in [0.15, 0.2) is 0 Å². The molecule has 32 heavy (non-hydrogen) atoms. The largest absolute Gasteiger partial charge is 0.492 e. The third-order valence-electron chi connectivity index (χ3n) is 4.85. The fraction of sp³-hybridized carbons (Fsp3) is 0.591. The zero-order chi connectivity index (χ0) is 23.2. The van der Waals surface area contributed by atoms with E-state index in [0.29, 0.717) is 19.7 Å². The number of thioether (sulfide) groups is 1. The van der Waals surface area contributed by atoms with Gasteiger partial charge in [-0.25, -0.2) is 0 Å². The van der Waals surface area contributed by atoms with Crippen molar-refractivity contribution in [3.8, 4) is 11.8 Å². The molecule has 1 aliphatic rings. The molecule has 2 rings (SSSR count). The summed E-state index contributed by atoms with van der Waals surface area (Å²) >= 11 is 1.29. The van der Waals surface area contributed by atoms with Crippen LogP contribution in [0.3, 0.4) is 0 Å². The molecular weight excluding hydrogens is 432 g/mol. The van der Waals surface area contributed by atoms with E-state index in [2.05, 4.69) is 15.5 Å². The van der Waals surface area contributed by atoms with E-state index in [9.17, 15) is 9.59 Å². The van der Waals surface area contributed by atoms with Crippen LogP contribution < -0.4 is 15.4 Å². The lowest BCUT2D eigenvalue weighted by Gasteiger charge is -2.26. The van der Waals surface area contributed by atoms with Crippen molar-refractivity contribution in [1.29, 1.82) is 5.26 Å². The second-order valence-electron chi connectivity index (χ2n) is 7.35. The molecular formula is C22H32N4O5S.